The second-order valence-corrected chi connectivity index (χ2v) is 6.82. The second kappa shape index (κ2) is 5.94. The van der Waals surface area contributed by atoms with Crippen LogP contribution in [0.1, 0.15) is 42.6 Å². The first-order valence-corrected chi connectivity index (χ1v) is 9.03. The molecule has 3 aromatic rings. The second-order valence-electron chi connectivity index (χ2n) is 5.92. The van der Waals surface area contributed by atoms with Crippen LogP contribution in [0.2, 0.25) is 0 Å². The fourth-order valence-electron chi connectivity index (χ4n) is 3.08. The van der Waals surface area contributed by atoms with Crippen molar-refractivity contribution >= 4 is 28.6 Å². The summed E-state index contributed by atoms with van der Waals surface area (Å²) >= 11 is 1.55. The summed E-state index contributed by atoms with van der Waals surface area (Å²) in [5.41, 5.74) is 1.51. The summed E-state index contributed by atoms with van der Waals surface area (Å²) in [5, 5.41) is 11.1. The van der Waals surface area contributed by atoms with E-state index in [1.807, 2.05) is 16.9 Å². The number of hydrogen-bond acceptors (Lipinski definition) is 6. The van der Waals surface area contributed by atoms with Crippen LogP contribution in [0.25, 0.3) is 5.78 Å². The van der Waals surface area contributed by atoms with Crippen molar-refractivity contribution in [2.24, 2.45) is 4.99 Å². The van der Waals surface area contributed by atoms with Crippen molar-refractivity contribution in [1.29, 1.82) is 0 Å². The first-order valence-electron chi connectivity index (χ1n) is 8.15. The highest BCUT2D eigenvalue weighted by atomic mass is 32.1. The minimum Gasteiger partial charge on any atom is -0.294 e. The molecule has 124 valence electrons. The first-order chi connectivity index (χ1) is 11.7. The Morgan fingerprint density at radius 3 is 2.92 bits per heavy atom. The lowest BCUT2D eigenvalue weighted by Crippen LogP contribution is -2.23. The van der Waals surface area contributed by atoms with E-state index in [1.54, 1.807) is 21.9 Å². The molecule has 0 amide bonds. The highest BCUT2D eigenvalue weighted by Crippen LogP contribution is 2.29. The zero-order chi connectivity index (χ0) is 16.7. The number of fused-ring (bicyclic) bond motifs is 2. The van der Waals surface area contributed by atoms with Crippen molar-refractivity contribution in [3.63, 3.8) is 0 Å². The Morgan fingerprint density at radius 2 is 2.17 bits per heavy atom. The minimum atomic E-state index is -0.0652. The third kappa shape index (κ3) is 2.29. The summed E-state index contributed by atoms with van der Waals surface area (Å²) in [7, 11) is 0. The quantitative estimate of drug-likeness (QED) is 0.668. The Balaban J connectivity index is 1.89. The van der Waals surface area contributed by atoms with Crippen LogP contribution in [-0.4, -0.2) is 29.9 Å². The smallest absolute Gasteiger partial charge is 0.266 e. The van der Waals surface area contributed by atoms with Crippen LogP contribution in [0.4, 0.5) is 5.82 Å². The molecule has 0 bridgehead atoms. The van der Waals surface area contributed by atoms with Gasteiger partial charge in [0.1, 0.15) is 16.6 Å². The maximum absolute atomic E-state index is 12.9. The number of rotatable bonds is 5. The van der Waals surface area contributed by atoms with E-state index in [0.717, 1.165) is 42.3 Å². The summed E-state index contributed by atoms with van der Waals surface area (Å²) in [4.78, 5) is 22.0. The molecule has 0 saturated heterocycles. The fraction of sp³-hybridized carbons (Fsp3) is 0.438. The van der Waals surface area contributed by atoms with Crippen LogP contribution in [0.15, 0.2) is 21.4 Å². The summed E-state index contributed by atoms with van der Waals surface area (Å²) in [5.74, 6) is 1.92. The lowest BCUT2D eigenvalue weighted by atomic mass is 10.2. The standard InChI is InChI=1S/C16H18N6OS/c1-3-4-5-7-21-13-11(9-12(18-13)14-17-6-8-24-14)15(23)22-10(2)19-20-16(21)22/h6,8H,3-5,7,9H2,1-2H3. The molecule has 0 aromatic carbocycles. The average Bonchev–Trinajstić information content (AvgIpc) is 3.29. The third-order valence-corrected chi connectivity index (χ3v) is 5.11. The number of thiazole rings is 1. The number of nitrogens with zero attached hydrogens (tertiary/aromatic N) is 6. The molecule has 0 fully saturated rings. The molecule has 0 N–H and O–H groups in total. The molecular weight excluding hydrogens is 324 g/mol. The lowest BCUT2D eigenvalue weighted by molar-refractivity contribution is 0.602. The molecule has 1 aliphatic heterocycles. The van der Waals surface area contributed by atoms with E-state index in [1.165, 1.54) is 0 Å². The summed E-state index contributed by atoms with van der Waals surface area (Å²) < 4.78 is 3.64. The molecule has 7 nitrogen and oxygen atoms in total. The van der Waals surface area contributed by atoms with E-state index >= 15 is 0 Å². The number of aryl methyl sites for hydroxylation is 2. The van der Waals surface area contributed by atoms with Crippen molar-refractivity contribution in [3.8, 4) is 0 Å². The molecule has 0 saturated carbocycles. The number of aliphatic imine (C=N–C) groups is 1. The topological polar surface area (TPSA) is 77.4 Å². The summed E-state index contributed by atoms with van der Waals surface area (Å²) in [6, 6.07) is 0. The van der Waals surface area contributed by atoms with Gasteiger partial charge in [-0.2, -0.15) is 0 Å². The van der Waals surface area contributed by atoms with Gasteiger partial charge in [0.25, 0.3) is 5.56 Å². The van der Waals surface area contributed by atoms with Gasteiger partial charge in [0.2, 0.25) is 5.78 Å². The van der Waals surface area contributed by atoms with Crippen molar-refractivity contribution < 1.29 is 0 Å². The number of unbranched alkanes of at least 4 members (excludes halogenated alkanes) is 2. The van der Waals surface area contributed by atoms with Gasteiger partial charge >= 0.3 is 0 Å². The van der Waals surface area contributed by atoms with Crippen LogP contribution >= 0.6 is 11.3 Å². The summed E-state index contributed by atoms with van der Waals surface area (Å²) in [6.45, 7) is 4.76. The van der Waals surface area contributed by atoms with Crippen LogP contribution < -0.4 is 5.56 Å². The molecule has 4 rings (SSSR count). The maximum atomic E-state index is 12.9. The van der Waals surface area contributed by atoms with Crippen molar-refractivity contribution in [2.45, 2.75) is 46.1 Å². The Labute approximate surface area is 142 Å². The molecule has 4 heterocycles. The minimum absolute atomic E-state index is 0.0652. The van der Waals surface area contributed by atoms with Crippen LogP contribution in [0, 0.1) is 6.92 Å². The molecule has 24 heavy (non-hydrogen) atoms. The molecule has 0 atom stereocenters. The molecule has 0 unspecified atom stereocenters. The summed E-state index contributed by atoms with van der Waals surface area (Å²) in [6.07, 6.45) is 5.57. The molecule has 3 aromatic heterocycles. The van der Waals surface area contributed by atoms with E-state index in [9.17, 15) is 4.79 Å². The molecule has 0 radical (unpaired) electrons. The van der Waals surface area contributed by atoms with Gasteiger partial charge in [-0.3, -0.25) is 9.36 Å². The number of hydrogen-bond donors (Lipinski definition) is 0. The molecule has 0 spiro atoms. The van der Waals surface area contributed by atoms with Crippen molar-refractivity contribution in [3.05, 3.63) is 38.3 Å². The van der Waals surface area contributed by atoms with E-state index in [4.69, 9.17) is 4.99 Å². The lowest BCUT2D eigenvalue weighted by Gasteiger charge is -2.12. The van der Waals surface area contributed by atoms with Gasteiger partial charge in [0.05, 0.1) is 11.3 Å². The SMILES string of the molecule is CCCCCn1c2c(c(=O)n3c(C)nnc13)CC(c1nccs1)=N2. The molecule has 1 aliphatic rings. The zero-order valence-corrected chi connectivity index (χ0v) is 14.5. The van der Waals surface area contributed by atoms with Gasteiger partial charge in [-0.1, -0.05) is 19.8 Å². The van der Waals surface area contributed by atoms with Gasteiger partial charge in [-0.15, -0.1) is 21.5 Å². The highest BCUT2D eigenvalue weighted by molar-refractivity contribution is 7.11. The van der Waals surface area contributed by atoms with Gasteiger partial charge in [0, 0.05) is 24.5 Å². The third-order valence-electron chi connectivity index (χ3n) is 4.29. The fourth-order valence-corrected chi connectivity index (χ4v) is 3.71. The molecule has 8 heteroatoms. The van der Waals surface area contributed by atoms with Gasteiger partial charge in [-0.25, -0.2) is 14.4 Å². The highest BCUT2D eigenvalue weighted by Gasteiger charge is 2.27. The van der Waals surface area contributed by atoms with E-state index < -0.39 is 0 Å². The zero-order valence-electron chi connectivity index (χ0n) is 13.7. The normalized spacial score (nSPS) is 13.5. The van der Waals surface area contributed by atoms with Crippen LogP contribution in [-0.2, 0) is 13.0 Å². The van der Waals surface area contributed by atoms with E-state index in [-0.39, 0.29) is 5.56 Å². The number of aromatic nitrogens is 5. The Morgan fingerprint density at radius 1 is 1.29 bits per heavy atom. The Bertz CT molecular complexity index is 982. The van der Waals surface area contributed by atoms with Gasteiger partial charge < -0.3 is 0 Å². The largest absolute Gasteiger partial charge is 0.294 e. The van der Waals surface area contributed by atoms with E-state index in [0.29, 0.717) is 23.6 Å². The monoisotopic (exact) mass is 342 g/mol. The van der Waals surface area contributed by atoms with Gasteiger partial charge in [0.15, 0.2) is 0 Å². The van der Waals surface area contributed by atoms with Crippen LogP contribution in [0.3, 0.4) is 0 Å². The van der Waals surface area contributed by atoms with E-state index in [2.05, 4.69) is 22.1 Å². The molecule has 0 aliphatic carbocycles. The van der Waals surface area contributed by atoms with Crippen LogP contribution in [0.5, 0.6) is 0 Å². The molecular formula is C16H18N6OS. The van der Waals surface area contributed by atoms with Gasteiger partial charge in [-0.05, 0) is 13.3 Å². The Hall–Kier alpha value is -2.35. The predicted octanol–water partition coefficient (Wildman–Crippen LogP) is 2.52. The maximum Gasteiger partial charge on any atom is 0.266 e. The van der Waals surface area contributed by atoms with Crippen molar-refractivity contribution in [1.82, 2.24) is 24.1 Å². The van der Waals surface area contributed by atoms with Crippen molar-refractivity contribution in [2.75, 3.05) is 0 Å². The average molecular weight is 342 g/mol. The first kappa shape index (κ1) is 15.2. The Kier molecular flexibility index (Phi) is 3.76. The predicted molar refractivity (Wildman–Crippen MR) is 93.5 cm³/mol.